The number of nitrogens with zero attached hydrogens (tertiary/aromatic N) is 1. The van der Waals surface area contributed by atoms with Gasteiger partial charge in [0.25, 0.3) is 0 Å². The Morgan fingerprint density at radius 2 is 2.15 bits per heavy atom. The second-order valence-corrected chi connectivity index (χ2v) is 8.16. The molecule has 0 spiro atoms. The molecule has 0 aromatic heterocycles. The van der Waals surface area contributed by atoms with Crippen molar-refractivity contribution in [3.05, 3.63) is 29.3 Å². The number of nitrogens with one attached hydrogen (secondary N) is 2. The number of benzene rings is 1. The normalized spacial score (nSPS) is 19.9. The monoisotopic (exact) mass is 379 g/mol. The minimum atomic E-state index is -0.408. The van der Waals surface area contributed by atoms with E-state index in [4.69, 9.17) is 9.47 Å². The van der Waals surface area contributed by atoms with Gasteiger partial charge < -0.3 is 20.1 Å². The van der Waals surface area contributed by atoms with Crippen LogP contribution in [-0.4, -0.2) is 49.7 Å². The van der Waals surface area contributed by atoms with Gasteiger partial charge in [-0.15, -0.1) is 0 Å². The van der Waals surface area contributed by atoms with Crippen LogP contribution in [-0.2, 0) is 11.3 Å². The van der Waals surface area contributed by atoms with Crippen molar-refractivity contribution in [1.29, 1.82) is 0 Å². The van der Waals surface area contributed by atoms with Gasteiger partial charge in [0.05, 0.1) is 20.8 Å². The fraction of sp³-hybridized carbons (Fsp3) is 0.579. The molecule has 1 fully saturated rings. The van der Waals surface area contributed by atoms with E-state index in [1.807, 2.05) is 23.9 Å². The Bertz CT molecular complexity index is 643. The summed E-state index contributed by atoms with van der Waals surface area (Å²) in [5, 5.41) is 6.74. The highest BCUT2D eigenvalue weighted by Gasteiger charge is 2.29. The highest BCUT2D eigenvalue weighted by Crippen LogP contribution is 2.36. The number of methoxy groups -OCH3 is 2. The maximum absolute atomic E-state index is 11.7. The zero-order valence-corrected chi connectivity index (χ0v) is 16.9. The molecule has 144 valence electrons. The summed E-state index contributed by atoms with van der Waals surface area (Å²) in [6, 6.07) is 5.41. The number of hydrogen-bond donors (Lipinski definition) is 2. The molecular formula is C19H29N3O3S. The summed E-state index contributed by atoms with van der Waals surface area (Å²) < 4.78 is 10.4. The second kappa shape index (κ2) is 9.71. The fourth-order valence-corrected chi connectivity index (χ4v) is 4.12. The Balaban J connectivity index is 2.04. The van der Waals surface area contributed by atoms with E-state index in [9.17, 15) is 4.79 Å². The van der Waals surface area contributed by atoms with Crippen molar-refractivity contribution in [3.8, 4) is 5.75 Å². The highest BCUT2D eigenvalue weighted by molar-refractivity contribution is 8.00. The van der Waals surface area contributed by atoms with Crippen LogP contribution in [0.15, 0.2) is 23.2 Å². The largest absolute Gasteiger partial charge is 0.496 e. The lowest BCUT2D eigenvalue weighted by Crippen LogP contribution is -2.43. The first-order valence-corrected chi connectivity index (χ1v) is 9.91. The molecule has 0 bridgehead atoms. The molecule has 1 atom stereocenters. The summed E-state index contributed by atoms with van der Waals surface area (Å²) in [5.41, 5.74) is 1.38. The first-order chi connectivity index (χ1) is 12.5. The fourth-order valence-electron chi connectivity index (χ4n) is 2.87. The number of ether oxygens (including phenoxy) is 2. The van der Waals surface area contributed by atoms with Crippen LogP contribution in [0.1, 0.15) is 42.6 Å². The number of thioether (sulfide) groups is 1. The average Bonchev–Trinajstić information content (AvgIpc) is 3.10. The smallest absolute Gasteiger partial charge is 0.341 e. The Morgan fingerprint density at radius 3 is 2.77 bits per heavy atom. The number of carbonyl (C=O) groups excluding carboxylic acids is 1. The number of carbonyl (C=O) groups is 1. The topological polar surface area (TPSA) is 72.0 Å². The molecule has 26 heavy (non-hydrogen) atoms. The molecule has 0 saturated carbocycles. The van der Waals surface area contributed by atoms with E-state index < -0.39 is 5.97 Å². The maximum Gasteiger partial charge on any atom is 0.341 e. The van der Waals surface area contributed by atoms with Crippen LogP contribution in [0.25, 0.3) is 0 Å². The molecule has 1 heterocycles. The van der Waals surface area contributed by atoms with Gasteiger partial charge in [-0.1, -0.05) is 6.07 Å². The third-order valence-corrected chi connectivity index (χ3v) is 5.90. The van der Waals surface area contributed by atoms with Crippen molar-refractivity contribution in [3.63, 3.8) is 0 Å². The van der Waals surface area contributed by atoms with Gasteiger partial charge in [-0.3, -0.25) is 0 Å². The van der Waals surface area contributed by atoms with Crippen LogP contribution < -0.4 is 15.4 Å². The van der Waals surface area contributed by atoms with Gasteiger partial charge in [-0.2, -0.15) is 11.8 Å². The predicted octanol–water partition coefficient (Wildman–Crippen LogP) is 2.82. The first-order valence-electron chi connectivity index (χ1n) is 8.92. The van der Waals surface area contributed by atoms with Gasteiger partial charge in [-0.05, 0) is 50.1 Å². The van der Waals surface area contributed by atoms with Gasteiger partial charge >= 0.3 is 5.97 Å². The lowest BCUT2D eigenvalue weighted by Gasteiger charge is -2.24. The Morgan fingerprint density at radius 1 is 1.35 bits per heavy atom. The molecule has 0 aliphatic carbocycles. The zero-order chi connectivity index (χ0) is 19.0. The van der Waals surface area contributed by atoms with Crippen LogP contribution >= 0.6 is 11.8 Å². The summed E-state index contributed by atoms with van der Waals surface area (Å²) in [5.74, 6) is 2.13. The molecule has 0 radical (unpaired) electrons. The van der Waals surface area contributed by atoms with E-state index in [1.165, 1.54) is 25.7 Å². The van der Waals surface area contributed by atoms with Crippen LogP contribution in [0.4, 0.5) is 0 Å². The summed E-state index contributed by atoms with van der Waals surface area (Å²) in [6.07, 6.45) is 2.51. The van der Waals surface area contributed by atoms with E-state index in [0.29, 0.717) is 17.9 Å². The van der Waals surface area contributed by atoms with Crippen molar-refractivity contribution >= 4 is 23.7 Å². The van der Waals surface area contributed by atoms with E-state index in [-0.39, 0.29) is 4.75 Å². The molecule has 1 aromatic carbocycles. The Hall–Kier alpha value is -1.89. The van der Waals surface area contributed by atoms with Crippen molar-refractivity contribution in [2.45, 2.75) is 38.0 Å². The quantitative estimate of drug-likeness (QED) is 0.431. The van der Waals surface area contributed by atoms with Gasteiger partial charge in [0, 0.05) is 17.8 Å². The molecule has 2 N–H and O–H groups in total. The molecule has 1 aliphatic heterocycles. The molecule has 1 saturated heterocycles. The van der Waals surface area contributed by atoms with E-state index in [2.05, 4.69) is 29.5 Å². The van der Waals surface area contributed by atoms with Crippen LogP contribution in [0, 0.1) is 0 Å². The molecule has 6 nitrogen and oxygen atoms in total. The second-order valence-electron chi connectivity index (χ2n) is 6.48. The number of hydrogen-bond acceptors (Lipinski definition) is 5. The van der Waals surface area contributed by atoms with Crippen LogP contribution in [0.3, 0.4) is 0 Å². The summed E-state index contributed by atoms with van der Waals surface area (Å²) in [7, 11) is 2.90. The average molecular weight is 380 g/mol. The molecule has 1 aliphatic rings. The van der Waals surface area contributed by atoms with Gasteiger partial charge in [0.1, 0.15) is 11.3 Å². The molecule has 2 rings (SSSR count). The maximum atomic E-state index is 11.7. The predicted molar refractivity (Wildman–Crippen MR) is 107 cm³/mol. The molecular weight excluding hydrogens is 350 g/mol. The van der Waals surface area contributed by atoms with Gasteiger partial charge in [-0.25, -0.2) is 9.79 Å². The lowest BCUT2D eigenvalue weighted by molar-refractivity contribution is 0.0597. The van der Waals surface area contributed by atoms with Gasteiger partial charge in [0.15, 0.2) is 5.96 Å². The number of rotatable bonds is 7. The number of esters is 1. The van der Waals surface area contributed by atoms with Crippen LogP contribution in [0.5, 0.6) is 5.75 Å². The first kappa shape index (κ1) is 20.4. The SMILES string of the molecule is CCNC(=NCc1ccc(C(=O)OC)c(OC)c1)NCC1(C)CCCS1. The van der Waals surface area contributed by atoms with Crippen molar-refractivity contribution in [1.82, 2.24) is 10.6 Å². The molecule has 7 heteroatoms. The van der Waals surface area contributed by atoms with E-state index in [0.717, 1.165) is 24.6 Å². The molecule has 1 unspecified atom stereocenters. The van der Waals surface area contributed by atoms with Crippen LogP contribution in [0.2, 0.25) is 0 Å². The minimum Gasteiger partial charge on any atom is -0.496 e. The number of aliphatic imine (C=N–C) groups is 1. The van der Waals surface area contributed by atoms with E-state index in [1.54, 1.807) is 13.2 Å². The zero-order valence-electron chi connectivity index (χ0n) is 16.1. The van der Waals surface area contributed by atoms with Crippen molar-refractivity contribution in [2.24, 2.45) is 4.99 Å². The summed E-state index contributed by atoms with van der Waals surface area (Å²) >= 11 is 2.02. The molecule has 1 aromatic rings. The van der Waals surface area contributed by atoms with Crippen molar-refractivity contribution < 1.29 is 14.3 Å². The van der Waals surface area contributed by atoms with Gasteiger partial charge in [0.2, 0.25) is 0 Å². The minimum absolute atomic E-state index is 0.279. The van der Waals surface area contributed by atoms with Crippen molar-refractivity contribution in [2.75, 3.05) is 33.1 Å². The lowest BCUT2D eigenvalue weighted by atomic mass is 10.1. The summed E-state index contributed by atoms with van der Waals surface area (Å²) in [4.78, 5) is 16.4. The third-order valence-electron chi connectivity index (χ3n) is 4.37. The Kier molecular flexibility index (Phi) is 7.63. The number of guanidine groups is 1. The standard InChI is InChI=1S/C19H29N3O3S/c1-5-20-18(22-13-19(2)9-6-10-26-19)21-12-14-7-8-15(17(23)25-4)16(11-14)24-3/h7-8,11H,5-6,9-10,12-13H2,1-4H3,(H2,20,21,22). The molecule has 0 amide bonds. The van der Waals surface area contributed by atoms with E-state index >= 15 is 0 Å². The highest BCUT2D eigenvalue weighted by atomic mass is 32.2. The third kappa shape index (κ3) is 5.56. The summed E-state index contributed by atoms with van der Waals surface area (Å²) in [6.45, 7) is 6.56. The Labute approximate surface area is 160 Å².